The van der Waals surface area contributed by atoms with Crippen LogP contribution in [0.3, 0.4) is 0 Å². The van der Waals surface area contributed by atoms with E-state index in [1.54, 1.807) is 30.2 Å². The molecule has 1 aliphatic heterocycles. The zero-order valence-electron chi connectivity index (χ0n) is 11.3. The van der Waals surface area contributed by atoms with Gasteiger partial charge in [-0.15, -0.1) is 13.2 Å². The summed E-state index contributed by atoms with van der Waals surface area (Å²) in [5.41, 5.74) is 0.562. The maximum absolute atomic E-state index is 12.6. The van der Waals surface area contributed by atoms with Gasteiger partial charge < -0.3 is 4.90 Å². The van der Waals surface area contributed by atoms with E-state index < -0.39 is 10.3 Å². The van der Waals surface area contributed by atoms with Crippen molar-refractivity contribution in [2.45, 2.75) is 18.3 Å². The van der Waals surface area contributed by atoms with Crippen molar-refractivity contribution in [2.75, 3.05) is 11.9 Å². The summed E-state index contributed by atoms with van der Waals surface area (Å²) in [7, 11) is 1.68. The predicted octanol–water partition coefficient (Wildman–Crippen LogP) is 2.96. The second-order valence-corrected chi connectivity index (χ2v) is 4.89. The lowest BCUT2D eigenvalue weighted by Gasteiger charge is -2.25. The van der Waals surface area contributed by atoms with Crippen molar-refractivity contribution in [1.82, 2.24) is 0 Å². The van der Waals surface area contributed by atoms with Crippen molar-refractivity contribution < 1.29 is 9.72 Å². The van der Waals surface area contributed by atoms with Gasteiger partial charge in [0, 0.05) is 24.9 Å². The molecular formula is C15H16N2O3. The van der Waals surface area contributed by atoms with Gasteiger partial charge in [0.15, 0.2) is 0 Å². The van der Waals surface area contributed by atoms with E-state index in [0.29, 0.717) is 24.1 Å². The van der Waals surface area contributed by atoms with Gasteiger partial charge in [0.1, 0.15) is 0 Å². The van der Waals surface area contributed by atoms with Crippen LogP contribution in [0.5, 0.6) is 0 Å². The normalized spacial score (nSPS) is 15.8. The van der Waals surface area contributed by atoms with E-state index in [1.807, 2.05) is 0 Å². The Morgan fingerprint density at radius 2 is 1.95 bits per heavy atom. The fraction of sp³-hybridized carbons (Fsp3) is 0.267. The number of allylic oxidation sites excluding steroid dienone is 2. The Balaban J connectivity index is 2.69. The van der Waals surface area contributed by atoms with Crippen LogP contribution in [-0.2, 0) is 10.2 Å². The Hall–Kier alpha value is -2.43. The number of fused-ring (bicyclic) bond motifs is 1. The molecule has 0 saturated heterocycles. The van der Waals surface area contributed by atoms with Crippen molar-refractivity contribution in [3.63, 3.8) is 0 Å². The molecule has 1 aromatic rings. The molecule has 5 nitrogen and oxygen atoms in total. The van der Waals surface area contributed by atoms with Gasteiger partial charge in [0.2, 0.25) is 5.91 Å². The first-order chi connectivity index (χ1) is 9.47. The summed E-state index contributed by atoms with van der Waals surface area (Å²) in [6.07, 6.45) is 4.19. The summed E-state index contributed by atoms with van der Waals surface area (Å²) in [4.78, 5) is 24.7. The van der Waals surface area contributed by atoms with Crippen molar-refractivity contribution in [2.24, 2.45) is 0 Å². The van der Waals surface area contributed by atoms with Crippen molar-refractivity contribution in [1.29, 1.82) is 0 Å². The molecule has 0 aromatic heterocycles. The molecule has 2 rings (SSSR count). The zero-order valence-corrected chi connectivity index (χ0v) is 11.3. The molecule has 0 saturated carbocycles. The summed E-state index contributed by atoms with van der Waals surface area (Å²) in [5.74, 6) is -0.0761. The Bertz CT molecular complexity index is 597. The van der Waals surface area contributed by atoms with E-state index >= 15 is 0 Å². The van der Waals surface area contributed by atoms with Crippen LogP contribution < -0.4 is 4.90 Å². The average molecular weight is 272 g/mol. The van der Waals surface area contributed by atoms with Gasteiger partial charge in [0.05, 0.1) is 10.3 Å². The molecule has 0 radical (unpaired) electrons. The molecule has 0 N–H and O–H groups in total. The minimum Gasteiger partial charge on any atom is -0.314 e. The van der Waals surface area contributed by atoms with Crippen LogP contribution in [-0.4, -0.2) is 17.9 Å². The number of carbonyl (C=O) groups is 1. The van der Waals surface area contributed by atoms with Crippen LogP contribution in [0.4, 0.5) is 11.4 Å². The molecule has 1 amide bonds. The average Bonchev–Trinajstić information content (AvgIpc) is 2.62. The second-order valence-electron chi connectivity index (χ2n) is 4.89. The molecule has 1 heterocycles. The number of rotatable bonds is 5. The quantitative estimate of drug-likeness (QED) is 0.470. The third-order valence-corrected chi connectivity index (χ3v) is 3.77. The highest BCUT2D eigenvalue weighted by molar-refractivity contribution is 6.08. The van der Waals surface area contributed by atoms with E-state index in [1.165, 1.54) is 12.1 Å². The molecule has 0 aliphatic carbocycles. The maximum atomic E-state index is 12.6. The maximum Gasteiger partial charge on any atom is 0.269 e. The number of non-ortho nitro benzene ring substituents is 1. The van der Waals surface area contributed by atoms with Gasteiger partial charge >= 0.3 is 0 Å². The smallest absolute Gasteiger partial charge is 0.269 e. The third kappa shape index (κ3) is 1.82. The van der Waals surface area contributed by atoms with Gasteiger partial charge in [-0.25, -0.2) is 0 Å². The molecule has 0 atom stereocenters. The van der Waals surface area contributed by atoms with Crippen molar-refractivity contribution in [3.8, 4) is 0 Å². The number of anilines is 1. The summed E-state index contributed by atoms with van der Waals surface area (Å²) < 4.78 is 0. The van der Waals surface area contributed by atoms with Crippen LogP contribution in [0.2, 0.25) is 0 Å². The van der Waals surface area contributed by atoms with Gasteiger partial charge in [-0.1, -0.05) is 12.2 Å². The number of nitro groups is 1. The number of benzene rings is 1. The molecule has 0 spiro atoms. The van der Waals surface area contributed by atoms with E-state index in [-0.39, 0.29) is 11.6 Å². The van der Waals surface area contributed by atoms with Crippen LogP contribution in [0.1, 0.15) is 18.4 Å². The van der Waals surface area contributed by atoms with Gasteiger partial charge in [-0.3, -0.25) is 14.9 Å². The van der Waals surface area contributed by atoms with E-state index in [0.717, 1.165) is 0 Å². The van der Waals surface area contributed by atoms with Crippen molar-refractivity contribution in [3.05, 3.63) is 59.2 Å². The summed E-state index contributed by atoms with van der Waals surface area (Å²) in [6.45, 7) is 7.40. The molecular weight excluding hydrogens is 256 g/mol. The standard InChI is InChI=1S/C15H16N2O3/c1-4-8-15(9-5-2)12-10-11(17(19)20)6-7-13(12)16(3)14(15)18/h4-7,10H,1-2,8-9H2,3H3. The SMILES string of the molecule is C=CCC1(CC=C)C(=O)N(C)c2ccc([N+](=O)[O-])cc21. The molecule has 20 heavy (non-hydrogen) atoms. The molecule has 1 aromatic carbocycles. The first-order valence-electron chi connectivity index (χ1n) is 6.27. The van der Waals surface area contributed by atoms with Gasteiger partial charge in [-0.2, -0.15) is 0 Å². The summed E-state index contributed by atoms with van der Waals surface area (Å²) in [6, 6.07) is 4.53. The number of likely N-dealkylation sites (N-methyl/N-ethyl adjacent to an activating group) is 1. The Morgan fingerprint density at radius 1 is 1.35 bits per heavy atom. The first kappa shape index (κ1) is 14.0. The Morgan fingerprint density at radius 3 is 2.45 bits per heavy atom. The zero-order chi connectivity index (χ0) is 14.9. The Kier molecular flexibility index (Phi) is 3.44. The number of nitrogens with zero attached hydrogens (tertiary/aromatic N) is 2. The molecule has 0 bridgehead atoms. The highest BCUT2D eigenvalue weighted by Gasteiger charge is 2.48. The highest BCUT2D eigenvalue weighted by Crippen LogP contribution is 2.47. The largest absolute Gasteiger partial charge is 0.314 e. The number of hydrogen-bond acceptors (Lipinski definition) is 3. The minimum absolute atomic E-state index is 0.00986. The summed E-state index contributed by atoms with van der Waals surface area (Å²) >= 11 is 0. The lowest BCUT2D eigenvalue weighted by Crippen LogP contribution is -2.38. The lowest BCUT2D eigenvalue weighted by atomic mass is 9.75. The summed E-state index contributed by atoms with van der Waals surface area (Å²) in [5, 5.41) is 11.0. The molecule has 104 valence electrons. The van der Waals surface area contributed by atoms with E-state index in [4.69, 9.17) is 0 Å². The van der Waals surface area contributed by atoms with Crippen LogP contribution >= 0.6 is 0 Å². The number of amides is 1. The fourth-order valence-corrected chi connectivity index (χ4v) is 2.83. The third-order valence-electron chi connectivity index (χ3n) is 3.77. The molecule has 0 unspecified atom stereocenters. The molecule has 0 fully saturated rings. The molecule has 5 heteroatoms. The monoisotopic (exact) mass is 272 g/mol. The van der Waals surface area contributed by atoms with Gasteiger partial charge in [0.25, 0.3) is 5.69 Å². The van der Waals surface area contributed by atoms with Crippen LogP contribution in [0, 0.1) is 10.1 Å². The Labute approximate surface area is 117 Å². The highest BCUT2D eigenvalue weighted by atomic mass is 16.6. The van der Waals surface area contributed by atoms with E-state index in [9.17, 15) is 14.9 Å². The van der Waals surface area contributed by atoms with E-state index in [2.05, 4.69) is 13.2 Å². The van der Waals surface area contributed by atoms with Crippen LogP contribution in [0.15, 0.2) is 43.5 Å². The van der Waals surface area contributed by atoms with Crippen LogP contribution in [0.25, 0.3) is 0 Å². The topological polar surface area (TPSA) is 63.5 Å². The van der Waals surface area contributed by atoms with Gasteiger partial charge in [-0.05, 0) is 24.5 Å². The number of hydrogen-bond donors (Lipinski definition) is 0. The molecule has 1 aliphatic rings. The first-order valence-corrected chi connectivity index (χ1v) is 6.27. The van der Waals surface area contributed by atoms with Crippen molar-refractivity contribution >= 4 is 17.3 Å². The number of nitro benzene ring substituents is 1. The fourth-order valence-electron chi connectivity index (χ4n) is 2.83. The lowest BCUT2D eigenvalue weighted by molar-refractivity contribution is -0.384. The second kappa shape index (κ2) is 4.92. The minimum atomic E-state index is -0.820. The number of carbonyl (C=O) groups excluding carboxylic acids is 1. The predicted molar refractivity (Wildman–Crippen MR) is 77.8 cm³/mol.